The van der Waals surface area contributed by atoms with Crippen molar-refractivity contribution < 1.29 is 19.4 Å². The average molecular weight is 433 g/mol. The Bertz CT molecular complexity index is 922. The van der Waals surface area contributed by atoms with Crippen LogP contribution in [0.5, 0.6) is 5.75 Å². The zero-order valence-electron chi connectivity index (χ0n) is 17.0. The number of benzene rings is 1. The molecular formula is C21H25ClN4O4. The molecular weight excluding hydrogens is 408 g/mol. The fourth-order valence-corrected chi connectivity index (χ4v) is 3.58. The van der Waals surface area contributed by atoms with Crippen molar-refractivity contribution in [2.75, 3.05) is 37.6 Å². The molecule has 1 aromatic carbocycles. The molecule has 2 heterocycles. The first kappa shape index (κ1) is 21.9. The van der Waals surface area contributed by atoms with E-state index in [2.05, 4.69) is 20.0 Å². The fraction of sp³-hybridized carbons (Fsp3) is 0.381. The minimum atomic E-state index is -0.466. The molecule has 1 aliphatic rings. The van der Waals surface area contributed by atoms with Gasteiger partial charge >= 0.3 is 5.97 Å². The van der Waals surface area contributed by atoms with Crippen LogP contribution in [0.25, 0.3) is 6.08 Å². The largest absolute Gasteiger partial charge is 0.495 e. The zero-order valence-corrected chi connectivity index (χ0v) is 17.7. The van der Waals surface area contributed by atoms with Crippen LogP contribution in [0.15, 0.2) is 30.5 Å². The van der Waals surface area contributed by atoms with Crippen molar-refractivity contribution >= 4 is 35.4 Å². The molecule has 0 aliphatic carbocycles. The molecule has 2 N–H and O–H groups in total. The number of aliphatic hydroxyl groups is 1. The molecule has 30 heavy (non-hydrogen) atoms. The molecule has 9 heteroatoms. The van der Waals surface area contributed by atoms with E-state index >= 15 is 0 Å². The van der Waals surface area contributed by atoms with E-state index in [0.717, 1.165) is 24.9 Å². The molecule has 0 spiro atoms. The van der Waals surface area contributed by atoms with Crippen LogP contribution in [-0.4, -0.2) is 54.5 Å². The van der Waals surface area contributed by atoms with Gasteiger partial charge in [0.05, 0.1) is 31.9 Å². The van der Waals surface area contributed by atoms with Gasteiger partial charge in [-0.05, 0) is 36.6 Å². The van der Waals surface area contributed by atoms with Crippen LogP contribution in [0.3, 0.4) is 0 Å². The van der Waals surface area contributed by atoms with Crippen LogP contribution in [0.2, 0.25) is 5.02 Å². The number of aromatic nitrogens is 2. The van der Waals surface area contributed by atoms with Gasteiger partial charge in [-0.25, -0.2) is 9.78 Å². The lowest BCUT2D eigenvalue weighted by Crippen LogP contribution is -2.33. The highest BCUT2D eigenvalue weighted by atomic mass is 35.5. The Balaban J connectivity index is 1.86. The third kappa shape index (κ3) is 5.20. The summed E-state index contributed by atoms with van der Waals surface area (Å²) < 4.78 is 9.85. The number of carbonyl (C=O) groups is 1. The number of ether oxygens (including phenoxy) is 2. The standard InChI is InChI=1S/C21H25ClN4O4/c1-29-18-7-5-14(10-17(18)22)11-23-20-15(6-8-19(28)30-2)12-24-21(25-20)26-9-3-4-16(26)13-27/h5-8,10,12,16,27H,3-4,9,11,13H2,1-2H3,(H,23,24,25). The lowest BCUT2D eigenvalue weighted by molar-refractivity contribution is -0.134. The van der Waals surface area contributed by atoms with Gasteiger partial charge in [0.15, 0.2) is 0 Å². The maximum absolute atomic E-state index is 11.5. The van der Waals surface area contributed by atoms with E-state index in [4.69, 9.17) is 16.3 Å². The number of methoxy groups -OCH3 is 2. The summed E-state index contributed by atoms with van der Waals surface area (Å²) in [5.74, 6) is 1.25. The summed E-state index contributed by atoms with van der Waals surface area (Å²) in [6.45, 7) is 1.30. The number of hydrogen-bond acceptors (Lipinski definition) is 8. The van der Waals surface area contributed by atoms with Crippen LogP contribution >= 0.6 is 11.6 Å². The van der Waals surface area contributed by atoms with E-state index in [1.165, 1.54) is 13.2 Å². The first-order valence-electron chi connectivity index (χ1n) is 9.62. The van der Waals surface area contributed by atoms with E-state index < -0.39 is 5.97 Å². The molecule has 1 saturated heterocycles. The van der Waals surface area contributed by atoms with Gasteiger partial charge in [-0.2, -0.15) is 4.98 Å². The van der Waals surface area contributed by atoms with Gasteiger partial charge < -0.3 is 24.8 Å². The quantitative estimate of drug-likeness (QED) is 0.485. The Morgan fingerprint density at radius 2 is 2.27 bits per heavy atom. The number of rotatable bonds is 8. The molecule has 2 aromatic rings. The number of esters is 1. The summed E-state index contributed by atoms with van der Waals surface area (Å²) in [4.78, 5) is 22.6. The second-order valence-electron chi connectivity index (χ2n) is 6.82. The Morgan fingerprint density at radius 1 is 1.43 bits per heavy atom. The number of anilines is 2. The van der Waals surface area contributed by atoms with Gasteiger partial charge in [-0.15, -0.1) is 0 Å². The molecule has 160 valence electrons. The molecule has 1 unspecified atom stereocenters. The van der Waals surface area contributed by atoms with Crippen LogP contribution in [-0.2, 0) is 16.1 Å². The normalized spacial score (nSPS) is 16.1. The molecule has 0 amide bonds. The first-order valence-corrected chi connectivity index (χ1v) is 10.0. The zero-order chi connectivity index (χ0) is 21.5. The molecule has 1 atom stereocenters. The third-order valence-corrected chi connectivity index (χ3v) is 5.22. The SMILES string of the molecule is COC(=O)C=Cc1cnc(N2CCCC2CO)nc1NCc1ccc(OC)c(Cl)c1. The minimum absolute atomic E-state index is 0.00899. The molecule has 0 bridgehead atoms. The number of carbonyl (C=O) groups excluding carboxylic acids is 1. The summed E-state index contributed by atoms with van der Waals surface area (Å²) >= 11 is 6.22. The molecule has 0 radical (unpaired) electrons. The number of nitrogens with zero attached hydrogens (tertiary/aromatic N) is 3. The molecule has 0 saturated carbocycles. The fourth-order valence-electron chi connectivity index (χ4n) is 3.30. The van der Waals surface area contributed by atoms with E-state index in [-0.39, 0.29) is 12.6 Å². The highest BCUT2D eigenvalue weighted by molar-refractivity contribution is 6.32. The molecule has 1 aromatic heterocycles. The Labute approximate surface area is 180 Å². The van der Waals surface area contributed by atoms with Gasteiger partial charge in [0.25, 0.3) is 0 Å². The molecule has 8 nitrogen and oxygen atoms in total. The molecule has 1 fully saturated rings. The maximum Gasteiger partial charge on any atom is 0.330 e. The summed E-state index contributed by atoms with van der Waals surface area (Å²) in [6.07, 6.45) is 6.45. The van der Waals surface area contributed by atoms with E-state index in [0.29, 0.717) is 34.6 Å². The van der Waals surface area contributed by atoms with Crippen molar-refractivity contribution in [1.29, 1.82) is 0 Å². The van der Waals surface area contributed by atoms with E-state index in [1.807, 2.05) is 17.0 Å². The maximum atomic E-state index is 11.5. The number of nitrogens with one attached hydrogen (secondary N) is 1. The smallest absolute Gasteiger partial charge is 0.330 e. The van der Waals surface area contributed by atoms with Gasteiger partial charge in [0.2, 0.25) is 5.95 Å². The van der Waals surface area contributed by atoms with Crippen molar-refractivity contribution in [3.63, 3.8) is 0 Å². The highest BCUT2D eigenvalue weighted by Crippen LogP contribution is 2.27. The average Bonchev–Trinajstić information content (AvgIpc) is 3.25. The minimum Gasteiger partial charge on any atom is -0.495 e. The predicted octanol–water partition coefficient (Wildman–Crippen LogP) is 2.90. The van der Waals surface area contributed by atoms with E-state index in [1.54, 1.807) is 25.4 Å². The summed E-state index contributed by atoms with van der Waals surface area (Å²) in [5.41, 5.74) is 1.58. The Morgan fingerprint density at radius 3 is 2.97 bits per heavy atom. The van der Waals surface area contributed by atoms with Crippen LogP contribution in [0.4, 0.5) is 11.8 Å². The lowest BCUT2D eigenvalue weighted by Gasteiger charge is -2.23. The molecule has 3 rings (SSSR count). The third-order valence-electron chi connectivity index (χ3n) is 4.93. The van der Waals surface area contributed by atoms with Crippen molar-refractivity contribution in [3.8, 4) is 5.75 Å². The van der Waals surface area contributed by atoms with Gasteiger partial charge in [-0.3, -0.25) is 0 Å². The first-order chi connectivity index (χ1) is 14.5. The van der Waals surface area contributed by atoms with Crippen molar-refractivity contribution in [2.45, 2.75) is 25.4 Å². The monoisotopic (exact) mass is 432 g/mol. The van der Waals surface area contributed by atoms with Crippen LogP contribution in [0, 0.1) is 0 Å². The summed E-state index contributed by atoms with van der Waals surface area (Å²) in [5, 5.41) is 13.4. The molecule has 1 aliphatic heterocycles. The number of aliphatic hydroxyl groups excluding tert-OH is 1. The second-order valence-corrected chi connectivity index (χ2v) is 7.23. The lowest BCUT2D eigenvalue weighted by atomic mass is 10.2. The summed E-state index contributed by atoms with van der Waals surface area (Å²) in [7, 11) is 2.89. The highest BCUT2D eigenvalue weighted by Gasteiger charge is 2.26. The topological polar surface area (TPSA) is 96.8 Å². The number of halogens is 1. The van der Waals surface area contributed by atoms with Gasteiger partial charge in [0, 0.05) is 30.9 Å². The summed E-state index contributed by atoms with van der Waals surface area (Å²) in [6, 6.07) is 5.54. The van der Waals surface area contributed by atoms with E-state index in [9.17, 15) is 9.90 Å². The van der Waals surface area contributed by atoms with Gasteiger partial charge in [0.1, 0.15) is 11.6 Å². The van der Waals surface area contributed by atoms with Crippen LogP contribution in [0.1, 0.15) is 24.0 Å². The van der Waals surface area contributed by atoms with Crippen molar-refractivity contribution in [3.05, 3.63) is 46.6 Å². The van der Waals surface area contributed by atoms with Crippen molar-refractivity contribution in [1.82, 2.24) is 9.97 Å². The van der Waals surface area contributed by atoms with Crippen molar-refractivity contribution in [2.24, 2.45) is 0 Å². The predicted molar refractivity (Wildman–Crippen MR) is 116 cm³/mol. The van der Waals surface area contributed by atoms with Crippen LogP contribution < -0.4 is 15.0 Å². The van der Waals surface area contributed by atoms with Gasteiger partial charge in [-0.1, -0.05) is 17.7 Å². The second kappa shape index (κ2) is 10.3. The Hall–Kier alpha value is -2.84. The Kier molecular flexibility index (Phi) is 7.48. The number of hydrogen-bond donors (Lipinski definition) is 2.